The van der Waals surface area contributed by atoms with Gasteiger partial charge in [-0.2, -0.15) is 13.2 Å². The number of aryl methyl sites for hydroxylation is 1. The molecule has 2 fully saturated rings. The number of likely N-dealkylation sites (N-methyl/N-ethyl adjacent to an activating group) is 1. The summed E-state index contributed by atoms with van der Waals surface area (Å²) in [4.78, 5) is 28.8. The highest BCUT2D eigenvalue weighted by Crippen LogP contribution is 2.51. The average molecular weight is 537 g/mol. The van der Waals surface area contributed by atoms with E-state index in [1.165, 1.54) is 36.2 Å². The second-order valence-corrected chi connectivity index (χ2v) is 10.9. The van der Waals surface area contributed by atoms with Crippen molar-refractivity contribution in [3.05, 3.63) is 70.5 Å². The third-order valence-electron chi connectivity index (χ3n) is 8.76. The second-order valence-electron chi connectivity index (χ2n) is 10.9. The van der Waals surface area contributed by atoms with Crippen molar-refractivity contribution in [2.75, 3.05) is 13.6 Å². The highest BCUT2D eigenvalue weighted by Gasteiger charge is 2.56. The summed E-state index contributed by atoms with van der Waals surface area (Å²) < 4.78 is 68.8. The number of carbonyl (C=O) groups excluding carboxylic acids is 2. The van der Waals surface area contributed by atoms with E-state index in [2.05, 4.69) is 0 Å². The minimum Gasteiger partial charge on any atom is -0.383 e. The zero-order valence-corrected chi connectivity index (χ0v) is 21.1. The number of alkyl halides is 4. The van der Waals surface area contributed by atoms with Crippen molar-refractivity contribution >= 4 is 11.8 Å². The Hall–Kier alpha value is -3.01. The van der Waals surface area contributed by atoms with Crippen molar-refractivity contribution in [3.63, 3.8) is 0 Å². The zero-order chi connectivity index (χ0) is 27.6. The summed E-state index contributed by atoms with van der Waals surface area (Å²) in [5.74, 6) is -1.20. The van der Waals surface area contributed by atoms with Crippen molar-refractivity contribution in [1.82, 2.24) is 9.80 Å². The van der Waals surface area contributed by atoms with Crippen LogP contribution < -0.4 is 0 Å². The maximum absolute atomic E-state index is 14.8. The number of aliphatic hydroxyl groups is 1. The van der Waals surface area contributed by atoms with Crippen LogP contribution in [0.4, 0.5) is 22.0 Å². The van der Waals surface area contributed by atoms with Crippen LogP contribution >= 0.6 is 0 Å². The second kappa shape index (κ2) is 9.03. The molecule has 0 radical (unpaired) electrons. The van der Waals surface area contributed by atoms with Crippen molar-refractivity contribution < 1.29 is 36.6 Å². The fourth-order valence-electron chi connectivity index (χ4n) is 6.57. The summed E-state index contributed by atoms with van der Waals surface area (Å²) in [6.07, 6.45) is -4.64. The van der Waals surface area contributed by atoms with E-state index in [4.69, 9.17) is 0 Å². The van der Waals surface area contributed by atoms with Gasteiger partial charge in [0.25, 0.3) is 5.91 Å². The molecular weight excluding hydrogens is 507 g/mol. The van der Waals surface area contributed by atoms with E-state index < -0.39 is 46.7 Å². The first-order valence-corrected chi connectivity index (χ1v) is 12.7. The van der Waals surface area contributed by atoms with Gasteiger partial charge in [-0.05, 0) is 67.0 Å². The molecule has 38 heavy (non-hydrogen) atoms. The monoisotopic (exact) mass is 536 g/mol. The molecule has 2 aliphatic heterocycles. The fourth-order valence-corrected chi connectivity index (χ4v) is 6.57. The highest BCUT2D eigenvalue weighted by molar-refractivity contribution is 5.93. The summed E-state index contributed by atoms with van der Waals surface area (Å²) in [6, 6.07) is 8.84. The van der Waals surface area contributed by atoms with Crippen LogP contribution in [0.1, 0.15) is 48.4 Å². The van der Waals surface area contributed by atoms with E-state index in [1.807, 2.05) is 0 Å². The van der Waals surface area contributed by atoms with Crippen LogP contribution in [0.2, 0.25) is 0 Å². The van der Waals surface area contributed by atoms with E-state index in [9.17, 15) is 36.6 Å². The first-order valence-electron chi connectivity index (χ1n) is 12.7. The number of rotatable bonds is 4. The lowest BCUT2D eigenvalue weighted by molar-refractivity contribution is -0.228. The molecule has 2 amide bonds. The summed E-state index contributed by atoms with van der Waals surface area (Å²) in [7, 11) is 1.48. The molecule has 2 heterocycles. The van der Waals surface area contributed by atoms with Gasteiger partial charge < -0.3 is 14.9 Å². The third kappa shape index (κ3) is 4.08. The van der Waals surface area contributed by atoms with Crippen LogP contribution in [-0.4, -0.2) is 64.7 Å². The molecule has 1 unspecified atom stereocenters. The lowest BCUT2D eigenvalue weighted by atomic mass is 9.63. The average Bonchev–Trinajstić information content (AvgIpc) is 3.37. The lowest BCUT2D eigenvalue weighted by Gasteiger charge is -2.44. The number of hydrogen-bond acceptors (Lipinski definition) is 3. The Balaban J connectivity index is 1.55. The minimum atomic E-state index is -5.07. The topological polar surface area (TPSA) is 60.9 Å². The van der Waals surface area contributed by atoms with Gasteiger partial charge in [0.2, 0.25) is 11.6 Å². The number of amides is 2. The molecule has 0 bridgehead atoms. The zero-order valence-electron chi connectivity index (χ0n) is 21.1. The van der Waals surface area contributed by atoms with Gasteiger partial charge in [-0.1, -0.05) is 30.3 Å². The molecule has 3 aliphatic rings. The largest absolute Gasteiger partial charge is 0.426 e. The summed E-state index contributed by atoms with van der Waals surface area (Å²) in [6.45, 7) is 0.863. The van der Waals surface area contributed by atoms with Crippen LogP contribution in [0.25, 0.3) is 0 Å². The van der Waals surface area contributed by atoms with Gasteiger partial charge in [-0.3, -0.25) is 9.59 Å². The number of benzene rings is 2. The summed E-state index contributed by atoms with van der Waals surface area (Å²) in [5.41, 5.74) is -2.51. The number of fused-ring (bicyclic) bond motifs is 3. The summed E-state index contributed by atoms with van der Waals surface area (Å²) >= 11 is 0. The molecular formula is C28H29F5N2O3. The van der Waals surface area contributed by atoms with Crippen molar-refractivity contribution in [3.8, 4) is 0 Å². The fraction of sp³-hybridized carbons (Fsp3) is 0.500. The first kappa shape index (κ1) is 26.6. The smallest absolute Gasteiger partial charge is 0.383 e. The predicted octanol–water partition coefficient (Wildman–Crippen LogP) is 4.19. The molecule has 2 aromatic carbocycles. The Morgan fingerprint density at radius 3 is 2.42 bits per heavy atom. The Kier molecular flexibility index (Phi) is 6.32. The number of hydrogen-bond donors (Lipinski definition) is 1. The number of likely N-dealkylation sites (tertiary alicyclic amines) is 2. The molecule has 2 saturated heterocycles. The first-order chi connectivity index (χ1) is 17.8. The highest BCUT2D eigenvalue weighted by atomic mass is 19.4. The molecule has 0 spiro atoms. The van der Waals surface area contributed by atoms with Crippen LogP contribution in [0.5, 0.6) is 0 Å². The lowest BCUT2D eigenvalue weighted by Crippen LogP contribution is -2.53. The number of halogens is 5. The Morgan fingerprint density at radius 2 is 1.82 bits per heavy atom. The van der Waals surface area contributed by atoms with Gasteiger partial charge in [0.1, 0.15) is 18.0 Å². The number of carbonyl (C=O) groups is 2. The van der Waals surface area contributed by atoms with Crippen LogP contribution in [-0.2, 0) is 33.5 Å². The molecule has 204 valence electrons. The van der Waals surface area contributed by atoms with Gasteiger partial charge >= 0.3 is 6.18 Å². The van der Waals surface area contributed by atoms with E-state index >= 15 is 0 Å². The normalized spacial score (nSPS) is 28.7. The molecule has 1 N–H and O–H groups in total. The molecule has 2 aromatic rings. The number of nitrogens with zero attached hydrogens (tertiary/aromatic N) is 2. The van der Waals surface area contributed by atoms with Gasteiger partial charge in [0.15, 0.2) is 0 Å². The Labute approximate surface area is 217 Å². The molecule has 0 aromatic heterocycles. The van der Waals surface area contributed by atoms with Gasteiger partial charge in [0, 0.05) is 31.5 Å². The molecule has 5 rings (SSSR count). The van der Waals surface area contributed by atoms with E-state index in [0.29, 0.717) is 44.7 Å². The van der Waals surface area contributed by atoms with E-state index in [1.54, 1.807) is 23.1 Å². The summed E-state index contributed by atoms with van der Waals surface area (Å²) in [5, 5.41) is 10.0. The predicted molar refractivity (Wildman–Crippen MR) is 128 cm³/mol. The molecule has 5 nitrogen and oxygen atoms in total. The minimum absolute atomic E-state index is 0.00514. The SMILES string of the molecule is CN1C(=O)[C@@H](O)C[C@H]1C(=O)N1CC[C@@]2(Cc3ccc(F)cc3)c3ccc(C(C)(F)C(F)(F)F)cc3CC[C@@H]12. The quantitative estimate of drug-likeness (QED) is 0.597. The van der Waals surface area contributed by atoms with Crippen molar-refractivity contribution in [1.29, 1.82) is 0 Å². The molecule has 10 heteroatoms. The van der Waals surface area contributed by atoms with Crippen LogP contribution in [0, 0.1) is 5.82 Å². The maximum atomic E-state index is 14.8. The van der Waals surface area contributed by atoms with Crippen molar-refractivity contribution in [2.24, 2.45) is 0 Å². The molecule has 5 atom stereocenters. The standard InChI is InChI=1S/C28H29F5N2O3/c1-26(30,28(31,32)33)18-6-9-20-17(13-18)5-10-23-27(20,15-16-3-7-19(29)8-4-16)11-12-35(23)24(37)21-14-22(36)25(38)34(21)2/h3-4,6-9,13,21-23,36H,5,10-12,14-15H2,1-2H3/t21-,22-,23+,26?,27+/m0/s1. The molecule has 0 saturated carbocycles. The van der Waals surface area contributed by atoms with Gasteiger partial charge in [-0.25, -0.2) is 8.78 Å². The van der Waals surface area contributed by atoms with Crippen LogP contribution in [0.15, 0.2) is 42.5 Å². The van der Waals surface area contributed by atoms with E-state index in [0.717, 1.165) is 11.1 Å². The number of aliphatic hydroxyl groups excluding tert-OH is 1. The van der Waals surface area contributed by atoms with E-state index in [-0.39, 0.29) is 18.4 Å². The van der Waals surface area contributed by atoms with Crippen molar-refractivity contribution in [2.45, 2.75) is 74.5 Å². The Morgan fingerprint density at radius 1 is 1.13 bits per heavy atom. The Bertz CT molecular complexity index is 1260. The van der Waals surface area contributed by atoms with Crippen LogP contribution in [0.3, 0.4) is 0 Å². The maximum Gasteiger partial charge on any atom is 0.426 e. The molecule has 1 aliphatic carbocycles. The third-order valence-corrected chi connectivity index (χ3v) is 8.76. The van der Waals surface area contributed by atoms with Gasteiger partial charge in [-0.15, -0.1) is 0 Å². The van der Waals surface area contributed by atoms with Gasteiger partial charge in [0.05, 0.1) is 0 Å².